The van der Waals surface area contributed by atoms with Crippen molar-refractivity contribution in [3.63, 3.8) is 0 Å². The zero-order valence-corrected chi connectivity index (χ0v) is 14.2. The zero-order chi connectivity index (χ0) is 16.6. The van der Waals surface area contributed by atoms with Crippen LogP contribution in [0.1, 0.15) is 19.4 Å². The Kier molecular flexibility index (Phi) is 7.28. The van der Waals surface area contributed by atoms with Gasteiger partial charge >= 0.3 is 5.97 Å². The van der Waals surface area contributed by atoms with E-state index in [1.165, 1.54) is 0 Å². The normalized spacial score (nSPS) is 12.7. The summed E-state index contributed by atoms with van der Waals surface area (Å²) in [5, 5.41) is 0. The monoisotopic (exact) mass is 306 g/mol. The molecule has 4 nitrogen and oxygen atoms in total. The topological polar surface area (TPSA) is 35.5 Å². The third-order valence-corrected chi connectivity index (χ3v) is 3.88. The van der Waals surface area contributed by atoms with Gasteiger partial charge in [-0.1, -0.05) is 36.9 Å². The van der Waals surface area contributed by atoms with Gasteiger partial charge in [0.2, 0.25) is 0 Å². The number of quaternary nitrogens is 1. The summed E-state index contributed by atoms with van der Waals surface area (Å²) in [6.07, 6.45) is 0. The van der Waals surface area contributed by atoms with Gasteiger partial charge in [-0.25, -0.2) is 4.79 Å². The predicted molar refractivity (Wildman–Crippen MR) is 88.3 cm³/mol. The minimum atomic E-state index is -0.183. The summed E-state index contributed by atoms with van der Waals surface area (Å²) < 4.78 is 11.3. The van der Waals surface area contributed by atoms with E-state index in [2.05, 4.69) is 13.5 Å². The molecule has 0 saturated heterocycles. The molecule has 0 amide bonds. The van der Waals surface area contributed by atoms with Crippen LogP contribution in [0.15, 0.2) is 42.5 Å². The highest BCUT2D eigenvalue weighted by atomic mass is 16.5. The highest BCUT2D eigenvalue weighted by Gasteiger charge is 2.29. The first-order valence-electron chi connectivity index (χ1n) is 7.64. The smallest absolute Gasteiger partial charge is 0.361 e. The summed E-state index contributed by atoms with van der Waals surface area (Å²) in [5.74, 6) is -0.183. The van der Waals surface area contributed by atoms with Crippen molar-refractivity contribution in [2.75, 3.05) is 33.9 Å². The second-order valence-corrected chi connectivity index (χ2v) is 6.05. The van der Waals surface area contributed by atoms with Gasteiger partial charge in [-0.05, 0) is 19.4 Å². The van der Waals surface area contributed by atoms with E-state index in [-0.39, 0.29) is 12.0 Å². The molecule has 0 heterocycles. The van der Waals surface area contributed by atoms with Crippen molar-refractivity contribution in [3.05, 3.63) is 48.0 Å². The van der Waals surface area contributed by atoms with Gasteiger partial charge in [0.1, 0.15) is 6.04 Å². The number of rotatable bonds is 9. The molecule has 1 atom stereocenters. The van der Waals surface area contributed by atoms with E-state index in [1.54, 1.807) is 0 Å². The van der Waals surface area contributed by atoms with Crippen LogP contribution in [0.5, 0.6) is 0 Å². The molecular formula is C18H28NO3+. The number of ether oxygens (including phenoxy) is 2. The Hall–Kier alpha value is -1.65. The zero-order valence-electron chi connectivity index (χ0n) is 14.2. The maximum absolute atomic E-state index is 11.7. The van der Waals surface area contributed by atoms with Crippen LogP contribution in [0.25, 0.3) is 0 Å². The van der Waals surface area contributed by atoms with E-state index < -0.39 is 0 Å². The highest BCUT2D eigenvalue weighted by Crippen LogP contribution is 2.15. The van der Waals surface area contributed by atoms with Crippen LogP contribution in [0.4, 0.5) is 0 Å². The van der Waals surface area contributed by atoms with Crippen LogP contribution in [-0.2, 0) is 20.9 Å². The van der Waals surface area contributed by atoms with Crippen molar-refractivity contribution in [3.8, 4) is 0 Å². The summed E-state index contributed by atoms with van der Waals surface area (Å²) in [6.45, 7) is 9.78. The lowest BCUT2D eigenvalue weighted by Crippen LogP contribution is -2.51. The fourth-order valence-electron chi connectivity index (χ4n) is 2.17. The fourth-order valence-corrected chi connectivity index (χ4v) is 2.17. The molecule has 0 radical (unpaired) electrons. The molecule has 1 aromatic carbocycles. The molecule has 1 unspecified atom stereocenters. The third-order valence-electron chi connectivity index (χ3n) is 3.88. The van der Waals surface area contributed by atoms with E-state index in [1.807, 2.05) is 51.4 Å². The van der Waals surface area contributed by atoms with Crippen LogP contribution in [0.3, 0.4) is 0 Å². The first-order valence-corrected chi connectivity index (χ1v) is 7.64. The Bertz CT molecular complexity index is 482. The number of carbonyl (C=O) groups excluding carboxylic acids is 1. The quantitative estimate of drug-likeness (QED) is 0.400. The van der Waals surface area contributed by atoms with E-state index in [0.29, 0.717) is 30.8 Å². The van der Waals surface area contributed by atoms with Crippen LogP contribution in [0.2, 0.25) is 0 Å². The number of benzene rings is 1. The lowest BCUT2D eigenvalue weighted by atomic mass is 10.1. The summed E-state index contributed by atoms with van der Waals surface area (Å²) in [4.78, 5) is 11.7. The van der Waals surface area contributed by atoms with Crippen molar-refractivity contribution in [1.29, 1.82) is 0 Å². The first kappa shape index (κ1) is 18.4. The van der Waals surface area contributed by atoms with E-state index >= 15 is 0 Å². The van der Waals surface area contributed by atoms with Gasteiger partial charge in [0, 0.05) is 5.57 Å². The van der Waals surface area contributed by atoms with E-state index in [9.17, 15) is 4.79 Å². The highest BCUT2D eigenvalue weighted by molar-refractivity contribution is 5.70. The molecule has 0 saturated carbocycles. The first-order chi connectivity index (χ1) is 10.4. The molecule has 1 rings (SSSR count). The second kappa shape index (κ2) is 8.71. The van der Waals surface area contributed by atoms with Crippen LogP contribution in [0, 0.1) is 0 Å². The van der Waals surface area contributed by atoms with Gasteiger partial charge in [-0.3, -0.25) is 0 Å². The second-order valence-electron chi connectivity index (χ2n) is 6.05. The number of esters is 1. The molecule has 0 aliphatic carbocycles. The number of hydrogen-bond acceptors (Lipinski definition) is 3. The molecule has 0 aliphatic rings. The molecule has 4 heteroatoms. The predicted octanol–water partition coefficient (Wildman–Crippen LogP) is 2.79. The van der Waals surface area contributed by atoms with E-state index in [0.717, 1.165) is 11.1 Å². The Balaban J connectivity index is 2.44. The van der Waals surface area contributed by atoms with Crippen LogP contribution < -0.4 is 0 Å². The van der Waals surface area contributed by atoms with Crippen molar-refractivity contribution in [2.45, 2.75) is 26.5 Å². The van der Waals surface area contributed by atoms with Crippen molar-refractivity contribution < 1.29 is 18.8 Å². The average molecular weight is 306 g/mol. The van der Waals surface area contributed by atoms with Gasteiger partial charge in [-0.15, -0.1) is 0 Å². The Labute approximate surface area is 133 Å². The molecule has 0 spiro atoms. The average Bonchev–Trinajstić information content (AvgIpc) is 2.47. The number of likely N-dealkylation sites (N-methyl/N-ethyl adjacent to an activating group) is 1. The molecular weight excluding hydrogens is 278 g/mol. The molecule has 0 aromatic heterocycles. The number of carbonyl (C=O) groups is 1. The molecule has 1 aromatic rings. The molecule has 0 N–H and O–H groups in total. The number of hydrogen-bond donors (Lipinski definition) is 0. The molecule has 0 fully saturated rings. The Morgan fingerprint density at radius 1 is 1.27 bits per heavy atom. The Morgan fingerprint density at radius 2 is 1.91 bits per heavy atom. The maximum atomic E-state index is 11.7. The lowest BCUT2D eigenvalue weighted by molar-refractivity contribution is -0.900. The lowest BCUT2D eigenvalue weighted by Gasteiger charge is -2.36. The van der Waals surface area contributed by atoms with Crippen molar-refractivity contribution >= 4 is 5.97 Å². The van der Waals surface area contributed by atoms with Crippen molar-refractivity contribution in [2.24, 2.45) is 0 Å². The molecule has 22 heavy (non-hydrogen) atoms. The fraction of sp³-hybridized carbons (Fsp3) is 0.500. The SMILES string of the molecule is C=C(COCc1ccccc1)C(C)[N+](C)(C)CC(=O)OCC. The van der Waals surface area contributed by atoms with Gasteiger partial charge in [0.05, 0.1) is 33.9 Å². The van der Waals surface area contributed by atoms with Crippen LogP contribution >= 0.6 is 0 Å². The molecule has 0 aliphatic heterocycles. The summed E-state index contributed by atoms with van der Waals surface area (Å²) in [7, 11) is 4.01. The van der Waals surface area contributed by atoms with E-state index in [4.69, 9.17) is 9.47 Å². The minimum absolute atomic E-state index is 0.111. The summed E-state index contributed by atoms with van der Waals surface area (Å²) in [5.41, 5.74) is 2.12. The molecule has 0 bridgehead atoms. The largest absolute Gasteiger partial charge is 0.462 e. The van der Waals surface area contributed by atoms with Gasteiger partial charge in [0.25, 0.3) is 0 Å². The van der Waals surface area contributed by atoms with Crippen LogP contribution in [-0.4, -0.2) is 50.3 Å². The Morgan fingerprint density at radius 3 is 2.50 bits per heavy atom. The minimum Gasteiger partial charge on any atom is -0.462 e. The van der Waals surface area contributed by atoms with Gasteiger partial charge < -0.3 is 14.0 Å². The maximum Gasteiger partial charge on any atom is 0.361 e. The molecule has 122 valence electrons. The standard InChI is InChI=1S/C18H28NO3/c1-6-22-18(20)12-19(4,5)16(3)15(2)13-21-14-17-10-8-7-9-11-17/h7-11,16H,2,6,12-14H2,1,3-5H3/q+1. The summed E-state index contributed by atoms with van der Waals surface area (Å²) in [6, 6.07) is 10.2. The van der Waals surface area contributed by atoms with Gasteiger partial charge in [0.15, 0.2) is 6.54 Å². The number of nitrogens with zero attached hydrogens (tertiary/aromatic N) is 1. The summed E-state index contributed by atoms with van der Waals surface area (Å²) >= 11 is 0. The van der Waals surface area contributed by atoms with Gasteiger partial charge in [-0.2, -0.15) is 0 Å². The third kappa shape index (κ3) is 6.00. The van der Waals surface area contributed by atoms with Crippen molar-refractivity contribution in [1.82, 2.24) is 0 Å².